The van der Waals surface area contributed by atoms with E-state index in [2.05, 4.69) is 10.6 Å². The lowest BCUT2D eigenvalue weighted by Gasteiger charge is -2.16. The first-order chi connectivity index (χ1) is 9.16. The first kappa shape index (κ1) is 13.8. The van der Waals surface area contributed by atoms with Crippen LogP contribution in [0.15, 0.2) is 24.3 Å². The number of carbonyl (C=O) groups is 1. The Morgan fingerprint density at radius 2 is 2.05 bits per heavy atom. The smallest absolute Gasteiger partial charge is 0.315 e. The average Bonchev–Trinajstić information content (AvgIpc) is 2.89. The number of halogens is 1. The van der Waals surface area contributed by atoms with Crippen molar-refractivity contribution < 1.29 is 14.3 Å². The fourth-order valence-corrected chi connectivity index (χ4v) is 2.35. The molecule has 0 bridgehead atoms. The van der Waals surface area contributed by atoms with Crippen molar-refractivity contribution in [2.45, 2.75) is 37.8 Å². The molecule has 2 rings (SSSR count). The molecule has 0 radical (unpaired) electrons. The molecule has 0 spiro atoms. The maximum atomic E-state index is 13.4. The van der Waals surface area contributed by atoms with Crippen LogP contribution in [0.1, 0.15) is 37.4 Å². The third-order valence-corrected chi connectivity index (χ3v) is 3.41. The highest BCUT2D eigenvalue weighted by Gasteiger charge is 2.18. The molecule has 5 heteroatoms. The van der Waals surface area contributed by atoms with Gasteiger partial charge in [0.2, 0.25) is 0 Å². The molecular formula is C14H19FN2O2. The summed E-state index contributed by atoms with van der Waals surface area (Å²) in [5, 5.41) is 15.2. The lowest BCUT2D eigenvalue weighted by atomic mass is 10.1. The molecule has 4 nitrogen and oxygen atoms in total. The SMILES string of the molecule is O=C(NC[C@@H](O)c1ccccc1F)NC1CCCC1. The van der Waals surface area contributed by atoms with Crippen molar-refractivity contribution in [2.24, 2.45) is 0 Å². The van der Waals surface area contributed by atoms with Gasteiger partial charge in [0.25, 0.3) is 0 Å². The molecule has 1 aromatic carbocycles. The van der Waals surface area contributed by atoms with E-state index >= 15 is 0 Å². The lowest BCUT2D eigenvalue weighted by molar-refractivity contribution is 0.168. The third-order valence-electron chi connectivity index (χ3n) is 3.41. The number of benzene rings is 1. The number of hydrogen-bond donors (Lipinski definition) is 3. The second kappa shape index (κ2) is 6.52. The van der Waals surface area contributed by atoms with Gasteiger partial charge in [0.05, 0.1) is 6.10 Å². The van der Waals surface area contributed by atoms with Gasteiger partial charge in [-0.1, -0.05) is 31.0 Å². The van der Waals surface area contributed by atoms with E-state index < -0.39 is 11.9 Å². The number of rotatable bonds is 4. The van der Waals surface area contributed by atoms with Crippen molar-refractivity contribution in [3.8, 4) is 0 Å². The molecule has 1 aliphatic rings. The zero-order valence-corrected chi connectivity index (χ0v) is 10.7. The van der Waals surface area contributed by atoms with Gasteiger partial charge in [-0.05, 0) is 18.9 Å². The molecule has 1 aromatic rings. The van der Waals surface area contributed by atoms with Crippen LogP contribution in [0.2, 0.25) is 0 Å². The molecular weight excluding hydrogens is 247 g/mol. The Morgan fingerprint density at radius 1 is 1.37 bits per heavy atom. The molecule has 1 aliphatic carbocycles. The average molecular weight is 266 g/mol. The number of amides is 2. The summed E-state index contributed by atoms with van der Waals surface area (Å²) in [4.78, 5) is 11.6. The molecule has 1 fully saturated rings. The van der Waals surface area contributed by atoms with E-state index in [0.717, 1.165) is 25.7 Å². The molecule has 2 amide bonds. The van der Waals surface area contributed by atoms with Gasteiger partial charge in [-0.3, -0.25) is 0 Å². The second-order valence-corrected chi connectivity index (χ2v) is 4.87. The van der Waals surface area contributed by atoms with E-state index in [1.165, 1.54) is 12.1 Å². The Balaban J connectivity index is 1.78. The molecule has 0 aromatic heterocycles. The van der Waals surface area contributed by atoms with Crippen LogP contribution in [0.3, 0.4) is 0 Å². The van der Waals surface area contributed by atoms with Gasteiger partial charge < -0.3 is 15.7 Å². The molecule has 104 valence electrons. The van der Waals surface area contributed by atoms with Crippen molar-refractivity contribution >= 4 is 6.03 Å². The van der Waals surface area contributed by atoms with Gasteiger partial charge in [0, 0.05) is 18.2 Å². The van der Waals surface area contributed by atoms with Crippen molar-refractivity contribution in [3.05, 3.63) is 35.6 Å². The summed E-state index contributed by atoms with van der Waals surface area (Å²) in [5.41, 5.74) is 0.198. The minimum Gasteiger partial charge on any atom is -0.386 e. The molecule has 3 N–H and O–H groups in total. The zero-order chi connectivity index (χ0) is 13.7. The maximum Gasteiger partial charge on any atom is 0.315 e. The quantitative estimate of drug-likeness (QED) is 0.781. The van der Waals surface area contributed by atoms with Crippen molar-refractivity contribution in [1.82, 2.24) is 10.6 Å². The topological polar surface area (TPSA) is 61.4 Å². The van der Waals surface area contributed by atoms with Gasteiger partial charge in [0.15, 0.2) is 0 Å². The predicted octanol–water partition coefficient (Wildman–Crippen LogP) is 2.10. The molecule has 0 unspecified atom stereocenters. The van der Waals surface area contributed by atoms with E-state index in [1.54, 1.807) is 12.1 Å². The Labute approximate surface area is 112 Å². The summed E-state index contributed by atoms with van der Waals surface area (Å²) >= 11 is 0. The van der Waals surface area contributed by atoms with Gasteiger partial charge >= 0.3 is 6.03 Å². The minimum absolute atomic E-state index is 0.000509. The molecule has 0 saturated heterocycles. The summed E-state index contributed by atoms with van der Waals surface area (Å²) in [6.07, 6.45) is 3.26. The van der Waals surface area contributed by atoms with Crippen LogP contribution in [0.5, 0.6) is 0 Å². The van der Waals surface area contributed by atoms with Gasteiger partial charge in [0.1, 0.15) is 5.82 Å². The third kappa shape index (κ3) is 3.92. The minimum atomic E-state index is -1.03. The van der Waals surface area contributed by atoms with E-state index in [0.29, 0.717) is 0 Å². The fraction of sp³-hybridized carbons (Fsp3) is 0.500. The van der Waals surface area contributed by atoms with Gasteiger partial charge in [-0.25, -0.2) is 9.18 Å². The van der Waals surface area contributed by atoms with Gasteiger partial charge in [-0.15, -0.1) is 0 Å². The van der Waals surface area contributed by atoms with E-state index in [9.17, 15) is 14.3 Å². The van der Waals surface area contributed by atoms with Crippen molar-refractivity contribution in [2.75, 3.05) is 6.54 Å². The van der Waals surface area contributed by atoms with Crippen LogP contribution < -0.4 is 10.6 Å². The van der Waals surface area contributed by atoms with Crippen LogP contribution in [-0.4, -0.2) is 23.7 Å². The van der Waals surface area contributed by atoms with Gasteiger partial charge in [-0.2, -0.15) is 0 Å². The summed E-state index contributed by atoms with van der Waals surface area (Å²) in [5.74, 6) is -0.465. The molecule has 1 saturated carbocycles. The number of hydrogen-bond acceptors (Lipinski definition) is 2. The summed E-state index contributed by atoms with van der Waals surface area (Å²) in [6, 6.07) is 5.94. The highest BCUT2D eigenvalue weighted by molar-refractivity contribution is 5.74. The Bertz CT molecular complexity index is 433. The van der Waals surface area contributed by atoms with Crippen molar-refractivity contribution in [3.63, 3.8) is 0 Å². The highest BCUT2D eigenvalue weighted by atomic mass is 19.1. The van der Waals surface area contributed by atoms with Crippen molar-refractivity contribution in [1.29, 1.82) is 0 Å². The first-order valence-corrected chi connectivity index (χ1v) is 6.63. The molecule has 0 aliphatic heterocycles. The normalized spacial score (nSPS) is 17.2. The predicted molar refractivity (Wildman–Crippen MR) is 70.2 cm³/mol. The van der Waals surface area contributed by atoms with E-state index in [4.69, 9.17) is 0 Å². The van der Waals surface area contributed by atoms with Crippen LogP contribution in [0.25, 0.3) is 0 Å². The maximum absolute atomic E-state index is 13.4. The molecule has 0 heterocycles. The summed E-state index contributed by atoms with van der Waals surface area (Å²) in [7, 11) is 0. The number of aliphatic hydroxyl groups excluding tert-OH is 1. The fourth-order valence-electron chi connectivity index (χ4n) is 2.35. The van der Waals surface area contributed by atoms with Crippen LogP contribution in [0.4, 0.5) is 9.18 Å². The lowest BCUT2D eigenvalue weighted by Crippen LogP contribution is -2.42. The summed E-state index contributed by atoms with van der Waals surface area (Å²) in [6.45, 7) is -0.000509. The monoisotopic (exact) mass is 266 g/mol. The Morgan fingerprint density at radius 3 is 2.74 bits per heavy atom. The van der Waals surface area contributed by atoms with Crippen LogP contribution >= 0.6 is 0 Å². The van der Waals surface area contributed by atoms with Crippen LogP contribution in [-0.2, 0) is 0 Å². The standard InChI is InChI=1S/C14H19FN2O2/c15-12-8-4-3-7-11(12)13(18)9-16-14(19)17-10-5-1-2-6-10/h3-4,7-8,10,13,18H,1-2,5-6,9H2,(H2,16,17,19)/t13-/m1/s1. The largest absolute Gasteiger partial charge is 0.386 e. The zero-order valence-electron chi connectivity index (χ0n) is 10.7. The summed E-state index contributed by atoms with van der Waals surface area (Å²) < 4.78 is 13.4. The number of aliphatic hydroxyl groups is 1. The molecule has 19 heavy (non-hydrogen) atoms. The van der Waals surface area contributed by atoms with Crippen LogP contribution in [0, 0.1) is 5.82 Å². The van der Waals surface area contributed by atoms with E-state index in [1.807, 2.05) is 0 Å². The number of carbonyl (C=O) groups excluding carboxylic acids is 1. The van der Waals surface area contributed by atoms with E-state index in [-0.39, 0.29) is 24.2 Å². The second-order valence-electron chi connectivity index (χ2n) is 4.87. The molecule has 1 atom stereocenters. The highest BCUT2D eigenvalue weighted by Crippen LogP contribution is 2.18. The Kier molecular flexibility index (Phi) is 4.74. The number of nitrogens with one attached hydrogen (secondary N) is 2. The first-order valence-electron chi connectivity index (χ1n) is 6.63. The number of urea groups is 1. The Hall–Kier alpha value is -1.62.